The van der Waals surface area contributed by atoms with E-state index in [1.807, 2.05) is 0 Å². The molecular formula is C18H36N2S. The molecule has 1 saturated carbocycles. The van der Waals surface area contributed by atoms with Crippen molar-refractivity contribution in [2.24, 2.45) is 17.3 Å². The van der Waals surface area contributed by atoms with E-state index >= 15 is 0 Å². The molecule has 0 spiro atoms. The lowest BCUT2D eigenvalue weighted by Gasteiger charge is -2.46. The zero-order valence-corrected chi connectivity index (χ0v) is 15.5. The van der Waals surface area contributed by atoms with Gasteiger partial charge in [0.15, 0.2) is 0 Å². The van der Waals surface area contributed by atoms with Crippen molar-refractivity contribution >= 4 is 11.8 Å². The summed E-state index contributed by atoms with van der Waals surface area (Å²) in [6, 6.07) is 0.769. The Morgan fingerprint density at radius 2 is 1.95 bits per heavy atom. The zero-order valence-electron chi connectivity index (χ0n) is 14.7. The average molecular weight is 313 g/mol. The van der Waals surface area contributed by atoms with Crippen LogP contribution in [-0.4, -0.2) is 48.6 Å². The number of thioether (sulfide) groups is 1. The quantitative estimate of drug-likeness (QED) is 0.801. The monoisotopic (exact) mass is 312 g/mol. The first-order chi connectivity index (χ1) is 10.0. The minimum Gasteiger partial charge on any atom is -0.316 e. The molecule has 1 unspecified atom stereocenters. The van der Waals surface area contributed by atoms with E-state index in [-0.39, 0.29) is 0 Å². The highest BCUT2D eigenvalue weighted by atomic mass is 32.2. The van der Waals surface area contributed by atoms with Crippen molar-refractivity contribution in [3.05, 3.63) is 0 Å². The zero-order chi connectivity index (χ0) is 15.3. The van der Waals surface area contributed by atoms with E-state index in [4.69, 9.17) is 0 Å². The van der Waals surface area contributed by atoms with Crippen molar-refractivity contribution in [3.63, 3.8) is 0 Å². The predicted octanol–water partition coefficient (Wildman–Crippen LogP) is 3.87. The normalized spacial score (nSPS) is 35.3. The van der Waals surface area contributed by atoms with Crippen molar-refractivity contribution in [2.45, 2.75) is 59.4 Å². The van der Waals surface area contributed by atoms with Gasteiger partial charge in [-0.1, -0.05) is 33.6 Å². The Bertz CT molecular complexity index is 298. The average Bonchev–Trinajstić information content (AvgIpc) is 2.44. The number of hydrogen-bond donors (Lipinski definition) is 1. The van der Waals surface area contributed by atoms with Crippen molar-refractivity contribution in [1.29, 1.82) is 0 Å². The second-order valence-electron chi connectivity index (χ2n) is 8.10. The number of hydrogen-bond acceptors (Lipinski definition) is 3. The highest BCUT2D eigenvalue weighted by Crippen LogP contribution is 2.40. The molecular weight excluding hydrogens is 276 g/mol. The Balaban J connectivity index is 1.94. The highest BCUT2D eigenvalue weighted by molar-refractivity contribution is 7.99. The molecule has 3 heteroatoms. The summed E-state index contributed by atoms with van der Waals surface area (Å²) in [6.07, 6.45) is 5.71. The third-order valence-corrected chi connectivity index (χ3v) is 6.62. The lowest BCUT2D eigenvalue weighted by Crippen LogP contribution is -2.51. The van der Waals surface area contributed by atoms with Crippen molar-refractivity contribution in [1.82, 2.24) is 10.2 Å². The van der Waals surface area contributed by atoms with Crippen LogP contribution in [0, 0.1) is 17.3 Å². The van der Waals surface area contributed by atoms with Gasteiger partial charge in [0.25, 0.3) is 0 Å². The first-order valence-electron chi connectivity index (χ1n) is 9.03. The molecule has 1 aliphatic heterocycles. The van der Waals surface area contributed by atoms with Crippen LogP contribution in [0.25, 0.3) is 0 Å². The lowest BCUT2D eigenvalue weighted by atomic mass is 9.70. The summed E-state index contributed by atoms with van der Waals surface area (Å²) in [5.74, 6) is 4.36. The Hall–Kier alpha value is 0.270. The molecule has 0 radical (unpaired) electrons. The maximum absolute atomic E-state index is 3.78. The molecule has 0 aromatic carbocycles. The van der Waals surface area contributed by atoms with E-state index in [9.17, 15) is 0 Å². The molecule has 0 bridgehead atoms. The molecule has 2 rings (SSSR count). The Kier molecular flexibility index (Phi) is 6.89. The molecule has 21 heavy (non-hydrogen) atoms. The van der Waals surface area contributed by atoms with E-state index in [0.717, 1.165) is 17.9 Å². The van der Waals surface area contributed by atoms with Gasteiger partial charge in [-0.3, -0.25) is 4.90 Å². The summed E-state index contributed by atoms with van der Waals surface area (Å²) >= 11 is 2.13. The van der Waals surface area contributed by atoms with E-state index in [0.29, 0.717) is 5.41 Å². The van der Waals surface area contributed by atoms with E-state index in [1.54, 1.807) is 0 Å². The maximum atomic E-state index is 3.78. The minimum absolute atomic E-state index is 0.539. The molecule has 1 atom stereocenters. The van der Waals surface area contributed by atoms with Gasteiger partial charge < -0.3 is 5.32 Å². The molecule has 1 N–H and O–H groups in total. The fraction of sp³-hybridized carbons (Fsp3) is 1.00. The van der Waals surface area contributed by atoms with E-state index < -0.39 is 0 Å². The smallest absolute Gasteiger partial charge is 0.0158 e. The summed E-state index contributed by atoms with van der Waals surface area (Å²) in [5.41, 5.74) is 0.539. The van der Waals surface area contributed by atoms with Gasteiger partial charge in [-0.15, -0.1) is 0 Å². The molecule has 0 amide bonds. The number of rotatable bonds is 6. The minimum atomic E-state index is 0.539. The van der Waals surface area contributed by atoms with Crippen LogP contribution in [0.15, 0.2) is 0 Å². The molecule has 1 saturated heterocycles. The van der Waals surface area contributed by atoms with Gasteiger partial charge in [0, 0.05) is 37.2 Å². The number of nitrogens with zero attached hydrogens (tertiary/aromatic N) is 1. The largest absolute Gasteiger partial charge is 0.316 e. The summed E-state index contributed by atoms with van der Waals surface area (Å²) in [7, 11) is 0. The Morgan fingerprint density at radius 1 is 1.24 bits per heavy atom. The van der Waals surface area contributed by atoms with Crippen LogP contribution >= 0.6 is 11.8 Å². The van der Waals surface area contributed by atoms with Crippen LogP contribution in [0.4, 0.5) is 0 Å². The number of nitrogens with one attached hydrogen (secondary N) is 1. The second kappa shape index (κ2) is 8.21. The van der Waals surface area contributed by atoms with Gasteiger partial charge in [0.2, 0.25) is 0 Å². The third-order valence-electron chi connectivity index (χ3n) is 5.43. The predicted molar refractivity (Wildman–Crippen MR) is 96.1 cm³/mol. The van der Waals surface area contributed by atoms with Crippen LogP contribution in [0.5, 0.6) is 0 Å². The maximum Gasteiger partial charge on any atom is 0.0158 e. The van der Waals surface area contributed by atoms with Crippen LogP contribution in [0.1, 0.15) is 53.4 Å². The third kappa shape index (κ3) is 5.44. The van der Waals surface area contributed by atoms with Crippen molar-refractivity contribution in [3.8, 4) is 0 Å². The van der Waals surface area contributed by atoms with Crippen LogP contribution in [0.3, 0.4) is 0 Å². The molecule has 1 aliphatic carbocycles. The Labute approximate surface area is 136 Å². The van der Waals surface area contributed by atoms with Crippen molar-refractivity contribution < 1.29 is 0 Å². The molecule has 2 aliphatic rings. The van der Waals surface area contributed by atoms with Crippen LogP contribution < -0.4 is 5.32 Å². The van der Waals surface area contributed by atoms with E-state index in [1.165, 1.54) is 63.4 Å². The molecule has 1 heterocycles. The second-order valence-corrected chi connectivity index (χ2v) is 9.25. The standard InChI is InChI=1S/C18H36N2S/c1-15(2)11-19-13-18(7-5-16(3)6-8-18)14-20-9-10-21-12-17(20)4/h15-17,19H,5-14H2,1-4H3. The topological polar surface area (TPSA) is 15.3 Å². The highest BCUT2D eigenvalue weighted by Gasteiger charge is 2.37. The summed E-state index contributed by atoms with van der Waals surface area (Å²) in [6.45, 7) is 14.5. The van der Waals surface area contributed by atoms with Gasteiger partial charge >= 0.3 is 0 Å². The fourth-order valence-electron chi connectivity index (χ4n) is 3.82. The fourth-order valence-corrected chi connectivity index (χ4v) is 4.90. The molecule has 0 aromatic heterocycles. The molecule has 2 fully saturated rings. The summed E-state index contributed by atoms with van der Waals surface area (Å²) in [4.78, 5) is 2.78. The van der Waals surface area contributed by atoms with Gasteiger partial charge in [-0.2, -0.15) is 11.8 Å². The van der Waals surface area contributed by atoms with Crippen molar-refractivity contribution in [2.75, 3.05) is 37.7 Å². The Morgan fingerprint density at radius 3 is 2.57 bits per heavy atom. The van der Waals surface area contributed by atoms with Crippen LogP contribution in [0.2, 0.25) is 0 Å². The summed E-state index contributed by atoms with van der Waals surface area (Å²) < 4.78 is 0. The van der Waals surface area contributed by atoms with Gasteiger partial charge in [-0.25, -0.2) is 0 Å². The van der Waals surface area contributed by atoms with E-state index in [2.05, 4.69) is 49.7 Å². The molecule has 124 valence electrons. The molecule has 2 nitrogen and oxygen atoms in total. The van der Waals surface area contributed by atoms with Gasteiger partial charge in [-0.05, 0) is 43.6 Å². The molecule has 0 aromatic rings. The van der Waals surface area contributed by atoms with Gasteiger partial charge in [0.05, 0.1) is 0 Å². The summed E-state index contributed by atoms with van der Waals surface area (Å²) in [5, 5.41) is 3.78. The van der Waals surface area contributed by atoms with Gasteiger partial charge in [0.1, 0.15) is 0 Å². The first kappa shape index (κ1) is 17.6. The SMILES string of the molecule is CC(C)CNCC1(CN2CCSCC2C)CCC(C)CC1. The van der Waals surface area contributed by atoms with Crippen LogP contribution in [-0.2, 0) is 0 Å². The first-order valence-corrected chi connectivity index (χ1v) is 10.2. The lowest BCUT2D eigenvalue weighted by molar-refractivity contribution is 0.0729.